The minimum atomic E-state index is -0.762. The molecule has 0 aromatic rings. The van der Waals surface area contributed by atoms with Gasteiger partial charge in [-0.05, 0) is 0 Å². The molecule has 1 unspecified atom stereocenters. The van der Waals surface area contributed by atoms with Crippen LogP contribution in [0, 0.1) is 12.5 Å². The number of hydrogen-bond donors (Lipinski definition) is 1. The van der Waals surface area contributed by atoms with Crippen molar-refractivity contribution in [2.24, 2.45) is 5.41 Å². The molecule has 8 heavy (non-hydrogen) atoms. The number of ether oxygens (including phenoxy) is 1. The van der Waals surface area contributed by atoms with Gasteiger partial charge in [-0.15, -0.1) is 0 Å². The molecule has 0 aromatic carbocycles. The molecule has 0 aromatic heterocycles. The van der Waals surface area contributed by atoms with Gasteiger partial charge in [0.1, 0.15) is 0 Å². The second kappa shape index (κ2) is 2.46. The summed E-state index contributed by atoms with van der Waals surface area (Å²) in [5.41, 5.74) is -0.220. The lowest BCUT2D eigenvalue weighted by molar-refractivity contribution is -0.124. The normalized spacial score (nSPS) is 16.1. The minimum Gasteiger partial charge on any atom is -0.368 e. The highest BCUT2D eigenvalue weighted by Crippen LogP contribution is 2.18. The minimum absolute atomic E-state index is 0.220. The summed E-state index contributed by atoms with van der Waals surface area (Å²) in [7, 11) is 3.10. The molecule has 0 aliphatic rings. The van der Waals surface area contributed by atoms with Crippen LogP contribution in [0.1, 0.15) is 20.8 Å². The Hall–Kier alpha value is -0.0800. The van der Waals surface area contributed by atoms with Gasteiger partial charge in [0.05, 0.1) is 7.11 Å². The monoisotopic (exact) mass is 117 g/mol. The zero-order valence-electron chi connectivity index (χ0n) is 5.64. The van der Waals surface area contributed by atoms with Gasteiger partial charge < -0.3 is 9.84 Å². The summed E-state index contributed by atoms with van der Waals surface area (Å²) in [5, 5.41) is 8.91. The van der Waals surface area contributed by atoms with Crippen LogP contribution in [0.3, 0.4) is 0 Å². The van der Waals surface area contributed by atoms with Gasteiger partial charge in [-0.3, -0.25) is 0 Å². The first-order valence-corrected chi connectivity index (χ1v) is 2.57. The van der Waals surface area contributed by atoms with Gasteiger partial charge in [0.25, 0.3) is 0 Å². The quantitative estimate of drug-likeness (QED) is 0.522. The lowest BCUT2D eigenvalue weighted by Gasteiger charge is -2.23. The van der Waals surface area contributed by atoms with Gasteiger partial charge in [-0.1, -0.05) is 20.8 Å². The van der Waals surface area contributed by atoms with E-state index in [0.29, 0.717) is 0 Å². The lowest BCUT2D eigenvalue weighted by atomic mass is 9.96. The van der Waals surface area contributed by atoms with Crippen molar-refractivity contribution in [1.82, 2.24) is 0 Å². The third-order valence-electron chi connectivity index (χ3n) is 0.899. The lowest BCUT2D eigenvalue weighted by Crippen LogP contribution is -2.26. The highest BCUT2D eigenvalue weighted by molar-refractivity contribution is 4.63. The Balaban J connectivity index is 3.62. The van der Waals surface area contributed by atoms with E-state index < -0.39 is 6.29 Å². The Labute approximate surface area is 50.5 Å². The topological polar surface area (TPSA) is 29.5 Å². The van der Waals surface area contributed by atoms with E-state index in [2.05, 4.69) is 11.8 Å². The van der Waals surface area contributed by atoms with Crippen LogP contribution in [0.5, 0.6) is 0 Å². The summed E-state index contributed by atoms with van der Waals surface area (Å²) < 4.78 is 4.42. The van der Waals surface area contributed by atoms with Crippen LogP contribution < -0.4 is 0 Å². The van der Waals surface area contributed by atoms with Crippen LogP contribution in [0.15, 0.2) is 0 Å². The summed E-state index contributed by atoms with van der Waals surface area (Å²) in [4.78, 5) is 0. The molecule has 1 atom stereocenters. The predicted molar refractivity (Wildman–Crippen MR) is 31.9 cm³/mol. The van der Waals surface area contributed by atoms with E-state index in [1.807, 2.05) is 20.8 Å². The first-order valence-electron chi connectivity index (χ1n) is 2.57. The SMILES string of the molecule is [CH2]OC(O)C(C)(C)C. The maximum Gasteiger partial charge on any atom is 0.159 e. The second-order valence-electron chi connectivity index (χ2n) is 2.89. The Morgan fingerprint density at radius 1 is 1.50 bits per heavy atom. The predicted octanol–water partition coefficient (Wildman–Crippen LogP) is 1.16. The average molecular weight is 117 g/mol. The van der Waals surface area contributed by atoms with Gasteiger partial charge in [0, 0.05) is 5.41 Å². The molecule has 2 nitrogen and oxygen atoms in total. The fourth-order valence-corrected chi connectivity index (χ4v) is 0.250. The highest BCUT2D eigenvalue weighted by Gasteiger charge is 2.20. The van der Waals surface area contributed by atoms with Crippen molar-refractivity contribution in [2.45, 2.75) is 27.1 Å². The molecule has 2 heteroatoms. The van der Waals surface area contributed by atoms with Crippen LogP contribution in [0.25, 0.3) is 0 Å². The molecular formula is C6H13O2. The number of rotatable bonds is 1. The van der Waals surface area contributed by atoms with Gasteiger partial charge in [0.15, 0.2) is 6.29 Å². The van der Waals surface area contributed by atoms with E-state index in [0.717, 1.165) is 0 Å². The molecule has 0 saturated heterocycles. The molecule has 0 amide bonds. The number of aliphatic hydroxyl groups excluding tert-OH is 1. The fraction of sp³-hybridized carbons (Fsp3) is 0.833. The molecule has 0 rings (SSSR count). The van der Waals surface area contributed by atoms with E-state index in [1.165, 1.54) is 0 Å². The van der Waals surface area contributed by atoms with Gasteiger partial charge in [0.2, 0.25) is 0 Å². The third-order valence-corrected chi connectivity index (χ3v) is 0.899. The molecule has 1 N–H and O–H groups in total. The van der Waals surface area contributed by atoms with Crippen molar-refractivity contribution in [3.05, 3.63) is 7.11 Å². The van der Waals surface area contributed by atoms with E-state index >= 15 is 0 Å². The Morgan fingerprint density at radius 2 is 1.88 bits per heavy atom. The van der Waals surface area contributed by atoms with E-state index in [4.69, 9.17) is 5.11 Å². The smallest absolute Gasteiger partial charge is 0.159 e. The van der Waals surface area contributed by atoms with Crippen molar-refractivity contribution in [3.8, 4) is 0 Å². The first-order chi connectivity index (χ1) is 3.48. The molecule has 0 spiro atoms. The largest absolute Gasteiger partial charge is 0.368 e. The Kier molecular flexibility index (Phi) is 2.44. The highest BCUT2D eigenvalue weighted by atomic mass is 16.6. The summed E-state index contributed by atoms with van der Waals surface area (Å²) >= 11 is 0. The molecule has 0 fully saturated rings. The molecule has 0 bridgehead atoms. The van der Waals surface area contributed by atoms with Gasteiger partial charge in [-0.2, -0.15) is 0 Å². The van der Waals surface area contributed by atoms with E-state index in [1.54, 1.807) is 0 Å². The Morgan fingerprint density at radius 3 is 1.88 bits per heavy atom. The van der Waals surface area contributed by atoms with E-state index in [-0.39, 0.29) is 5.41 Å². The zero-order chi connectivity index (χ0) is 6.78. The molecule has 1 radical (unpaired) electrons. The van der Waals surface area contributed by atoms with Crippen molar-refractivity contribution < 1.29 is 9.84 Å². The maximum absolute atomic E-state index is 8.91. The maximum atomic E-state index is 8.91. The van der Waals surface area contributed by atoms with Crippen LogP contribution in [0.2, 0.25) is 0 Å². The first kappa shape index (κ1) is 7.92. The zero-order valence-corrected chi connectivity index (χ0v) is 5.64. The van der Waals surface area contributed by atoms with Crippen LogP contribution in [0.4, 0.5) is 0 Å². The second-order valence-corrected chi connectivity index (χ2v) is 2.89. The van der Waals surface area contributed by atoms with Crippen molar-refractivity contribution in [2.75, 3.05) is 0 Å². The number of hydrogen-bond acceptors (Lipinski definition) is 2. The molecule has 0 aliphatic carbocycles. The fourth-order valence-electron chi connectivity index (χ4n) is 0.250. The van der Waals surface area contributed by atoms with Gasteiger partial charge in [-0.25, -0.2) is 0 Å². The molecule has 0 aliphatic heterocycles. The van der Waals surface area contributed by atoms with Crippen LogP contribution in [-0.2, 0) is 4.74 Å². The van der Waals surface area contributed by atoms with E-state index in [9.17, 15) is 0 Å². The molecular weight excluding hydrogens is 104 g/mol. The standard InChI is InChI=1S/C6H13O2/c1-6(2,3)5(7)8-4/h5,7H,4H2,1-3H3. The van der Waals surface area contributed by atoms with Crippen LogP contribution >= 0.6 is 0 Å². The summed E-state index contributed by atoms with van der Waals surface area (Å²) in [5.74, 6) is 0. The van der Waals surface area contributed by atoms with Gasteiger partial charge >= 0.3 is 0 Å². The molecule has 0 heterocycles. The summed E-state index contributed by atoms with van der Waals surface area (Å²) in [6, 6.07) is 0. The molecule has 49 valence electrons. The summed E-state index contributed by atoms with van der Waals surface area (Å²) in [6.07, 6.45) is -0.762. The van der Waals surface area contributed by atoms with Crippen molar-refractivity contribution >= 4 is 0 Å². The average Bonchev–Trinajstić information content (AvgIpc) is 1.62. The van der Waals surface area contributed by atoms with Crippen LogP contribution in [-0.4, -0.2) is 11.4 Å². The molecule has 0 saturated carbocycles. The van der Waals surface area contributed by atoms with Crippen molar-refractivity contribution in [3.63, 3.8) is 0 Å². The van der Waals surface area contributed by atoms with Crippen molar-refractivity contribution in [1.29, 1.82) is 0 Å². The third kappa shape index (κ3) is 2.28. The summed E-state index contributed by atoms with van der Waals surface area (Å²) in [6.45, 7) is 5.63. The Bertz CT molecular complexity index is 63.4. The number of aliphatic hydroxyl groups is 1.